The maximum Gasteiger partial charge on any atom is 0.269 e. The van der Waals surface area contributed by atoms with Crippen LogP contribution in [0.2, 0.25) is 0 Å². The predicted molar refractivity (Wildman–Crippen MR) is 57.4 cm³/mol. The summed E-state index contributed by atoms with van der Waals surface area (Å²) in [5.74, 6) is 0.473. The van der Waals surface area contributed by atoms with Crippen LogP contribution in [0.15, 0.2) is 11.0 Å². The number of hydrogen-bond donors (Lipinski definition) is 1. The zero-order valence-electron chi connectivity index (χ0n) is 9.13. The van der Waals surface area contributed by atoms with E-state index in [1.807, 2.05) is 0 Å². The summed E-state index contributed by atoms with van der Waals surface area (Å²) in [5.41, 5.74) is 1.56. The largest absolute Gasteiger partial charge is 0.323 e. The third-order valence-electron chi connectivity index (χ3n) is 2.03. The molecule has 0 fully saturated rings. The van der Waals surface area contributed by atoms with E-state index in [1.54, 1.807) is 6.20 Å². The highest BCUT2D eigenvalue weighted by atomic mass is 16.1. The summed E-state index contributed by atoms with van der Waals surface area (Å²) >= 11 is 0. The molecule has 1 N–H and O–H groups in total. The summed E-state index contributed by atoms with van der Waals surface area (Å²) in [4.78, 5) is 18.6. The van der Waals surface area contributed by atoms with Gasteiger partial charge in [-0.2, -0.15) is 0 Å². The Kier molecular flexibility index (Phi) is 3.86. The van der Waals surface area contributed by atoms with E-state index in [0.717, 1.165) is 25.0 Å². The maximum atomic E-state index is 11.5. The summed E-state index contributed by atoms with van der Waals surface area (Å²) in [5, 5.41) is 0. The first-order chi connectivity index (χ1) is 6.63. The Morgan fingerprint density at radius 2 is 2.21 bits per heavy atom. The number of aromatic amines is 1. The lowest BCUT2D eigenvalue weighted by Crippen LogP contribution is -2.18. The lowest BCUT2D eigenvalue weighted by Gasteiger charge is -2.04. The zero-order valence-corrected chi connectivity index (χ0v) is 9.13. The number of rotatable bonds is 4. The van der Waals surface area contributed by atoms with Crippen LogP contribution < -0.4 is 5.56 Å². The van der Waals surface area contributed by atoms with E-state index in [9.17, 15) is 4.79 Å². The van der Waals surface area contributed by atoms with E-state index in [0.29, 0.717) is 11.6 Å². The number of H-pyrrole nitrogens is 1. The van der Waals surface area contributed by atoms with Gasteiger partial charge in [-0.15, -0.1) is 0 Å². The molecule has 1 aromatic rings. The van der Waals surface area contributed by atoms with Crippen LogP contribution in [0.5, 0.6) is 0 Å². The average Bonchev–Trinajstić information content (AvgIpc) is 2.10. The van der Waals surface area contributed by atoms with Crippen LogP contribution in [0.1, 0.15) is 38.6 Å². The Hall–Kier alpha value is -1.12. The van der Waals surface area contributed by atoms with Crippen LogP contribution in [0, 0.1) is 5.92 Å². The molecule has 3 nitrogen and oxygen atoms in total. The molecule has 14 heavy (non-hydrogen) atoms. The minimum atomic E-state index is -0.0235. The van der Waals surface area contributed by atoms with Gasteiger partial charge in [-0.05, 0) is 18.8 Å². The molecule has 78 valence electrons. The van der Waals surface area contributed by atoms with E-state index in [1.165, 1.54) is 0 Å². The van der Waals surface area contributed by atoms with Crippen molar-refractivity contribution in [2.75, 3.05) is 0 Å². The van der Waals surface area contributed by atoms with Crippen LogP contribution in [0.4, 0.5) is 0 Å². The fourth-order valence-electron chi connectivity index (χ4n) is 1.39. The van der Waals surface area contributed by atoms with Crippen molar-refractivity contribution in [3.8, 4) is 0 Å². The van der Waals surface area contributed by atoms with Crippen molar-refractivity contribution in [2.45, 2.75) is 40.0 Å². The van der Waals surface area contributed by atoms with Gasteiger partial charge in [0.2, 0.25) is 0 Å². The highest BCUT2D eigenvalue weighted by molar-refractivity contribution is 5.03. The molecule has 0 bridgehead atoms. The molecule has 0 unspecified atom stereocenters. The molecule has 0 atom stereocenters. The second-order valence-electron chi connectivity index (χ2n) is 4.03. The Balaban J connectivity index is 2.85. The van der Waals surface area contributed by atoms with Crippen molar-refractivity contribution in [1.29, 1.82) is 0 Å². The minimum Gasteiger partial charge on any atom is -0.323 e. The topological polar surface area (TPSA) is 45.8 Å². The van der Waals surface area contributed by atoms with Gasteiger partial charge in [-0.25, -0.2) is 0 Å². The van der Waals surface area contributed by atoms with Crippen LogP contribution >= 0.6 is 0 Å². The summed E-state index contributed by atoms with van der Waals surface area (Å²) in [6.45, 7) is 6.25. The van der Waals surface area contributed by atoms with Gasteiger partial charge >= 0.3 is 0 Å². The van der Waals surface area contributed by atoms with Crippen molar-refractivity contribution in [1.82, 2.24) is 9.97 Å². The molecular weight excluding hydrogens is 176 g/mol. The molecule has 0 spiro atoms. The monoisotopic (exact) mass is 194 g/mol. The molecule has 1 rings (SSSR count). The van der Waals surface area contributed by atoms with Crippen LogP contribution in [-0.2, 0) is 12.8 Å². The normalized spacial score (nSPS) is 10.9. The Labute approximate surface area is 84.6 Å². The molecule has 0 saturated heterocycles. The van der Waals surface area contributed by atoms with Crippen LogP contribution in [0.25, 0.3) is 0 Å². The predicted octanol–water partition coefficient (Wildman–Crippen LogP) is 1.92. The van der Waals surface area contributed by atoms with Gasteiger partial charge in [0.15, 0.2) is 0 Å². The van der Waals surface area contributed by atoms with Crippen molar-refractivity contribution < 1.29 is 0 Å². The molecule has 3 heteroatoms. The summed E-state index contributed by atoms with van der Waals surface area (Å²) in [6.07, 6.45) is 4.45. The van der Waals surface area contributed by atoms with E-state index < -0.39 is 0 Å². The van der Waals surface area contributed by atoms with Gasteiger partial charge in [0.25, 0.3) is 5.56 Å². The smallest absolute Gasteiger partial charge is 0.269 e. The highest BCUT2D eigenvalue weighted by Crippen LogP contribution is 2.01. The number of aryl methyl sites for hydroxylation is 1. The molecule has 1 aromatic heterocycles. The number of nitrogens with one attached hydrogen (secondary N) is 1. The molecule has 0 aliphatic rings. The second kappa shape index (κ2) is 4.94. The van der Waals surface area contributed by atoms with E-state index in [-0.39, 0.29) is 5.56 Å². The standard InChI is InChI=1S/C11H18N2O/c1-4-5-9-7-12-10(6-8(2)3)11(14)13-9/h7-8H,4-6H2,1-3H3,(H,13,14). The summed E-state index contributed by atoms with van der Waals surface area (Å²) < 4.78 is 0. The van der Waals surface area contributed by atoms with Crippen molar-refractivity contribution >= 4 is 0 Å². The Morgan fingerprint density at radius 3 is 2.71 bits per heavy atom. The van der Waals surface area contributed by atoms with Crippen molar-refractivity contribution in [3.05, 3.63) is 27.9 Å². The molecule has 0 aliphatic heterocycles. The van der Waals surface area contributed by atoms with Gasteiger partial charge in [0, 0.05) is 11.9 Å². The van der Waals surface area contributed by atoms with E-state index in [2.05, 4.69) is 30.7 Å². The first-order valence-corrected chi connectivity index (χ1v) is 5.20. The second-order valence-corrected chi connectivity index (χ2v) is 4.03. The molecule has 0 amide bonds. The minimum absolute atomic E-state index is 0.0235. The SMILES string of the molecule is CCCc1cnc(CC(C)C)c(=O)[nH]1. The van der Waals surface area contributed by atoms with Gasteiger partial charge in [-0.1, -0.05) is 27.2 Å². The van der Waals surface area contributed by atoms with E-state index >= 15 is 0 Å². The van der Waals surface area contributed by atoms with E-state index in [4.69, 9.17) is 0 Å². The lowest BCUT2D eigenvalue weighted by molar-refractivity contribution is 0.626. The molecule has 0 aromatic carbocycles. The van der Waals surface area contributed by atoms with Gasteiger partial charge < -0.3 is 4.98 Å². The molecule has 1 heterocycles. The third kappa shape index (κ3) is 2.98. The van der Waals surface area contributed by atoms with Gasteiger partial charge in [0.1, 0.15) is 5.69 Å². The maximum absolute atomic E-state index is 11.5. The quantitative estimate of drug-likeness (QED) is 0.796. The third-order valence-corrected chi connectivity index (χ3v) is 2.03. The summed E-state index contributed by atoms with van der Waals surface area (Å²) in [6, 6.07) is 0. The van der Waals surface area contributed by atoms with Gasteiger partial charge in [-0.3, -0.25) is 9.78 Å². The fourth-order valence-corrected chi connectivity index (χ4v) is 1.39. The Bertz CT molecular complexity index is 341. The van der Waals surface area contributed by atoms with Crippen LogP contribution in [-0.4, -0.2) is 9.97 Å². The van der Waals surface area contributed by atoms with Crippen molar-refractivity contribution in [2.24, 2.45) is 5.92 Å². The van der Waals surface area contributed by atoms with Crippen LogP contribution in [0.3, 0.4) is 0 Å². The molecular formula is C11H18N2O. The number of nitrogens with zero attached hydrogens (tertiary/aromatic N) is 1. The average molecular weight is 194 g/mol. The zero-order chi connectivity index (χ0) is 10.6. The fraction of sp³-hybridized carbons (Fsp3) is 0.636. The number of aromatic nitrogens is 2. The molecule has 0 aliphatic carbocycles. The van der Waals surface area contributed by atoms with Gasteiger partial charge in [0.05, 0.1) is 0 Å². The first kappa shape index (κ1) is 11.0. The highest BCUT2D eigenvalue weighted by Gasteiger charge is 2.04. The lowest BCUT2D eigenvalue weighted by atomic mass is 10.1. The number of hydrogen-bond acceptors (Lipinski definition) is 2. The first-order valence-electron chi connectivity index (χ1n) is 5.20. The molecule has 0 radical (unpaired) electrons. The van der Waals surface area contributed by atoms with Crippen molar-refractivity contribution in [3.63, 3.8) is 0 Å². The summed E-state index contributed by atoms with van der Waals surface area (Å²) in [7, 11) is 0. The Morgan fingerprint density at radius 1 is 1.50 bits per heavy atom. The molecule has 0 saturated carbocycles.